The quantitative estimate of drug-likeness (QED) is 0.778. The molecular formula is C20H25N3O4S2. The number of carbonyl (C=O) groups is 1. The van der Waals surface area contributed by atoms with Gasteiger partial charge in [-0.25, -0.2) is 8.42 Å². The Labute approximate surface area is 175 Å². The monoisotopic (exact) mass is 435 g/mol. The number of morpholine rings is 1. The topological polar surface area (TPSA) is 79.0 Å². The number of rotatable bonds is 5. The molecule has 2 aliphatic rings. The van der Waals surface area contributed by atoms with Crippen molar-refractivity contribution in [2.24, 2.45) is 0 Å². The number of nitrogens with one attached hydrogen (secondary N) is 1. The molecule has 156 valence electrons. The molecule has 1 aromatic carbocycles. The van der Waals surface area contributed by atoms with Gasteiger partial charge in [0, 0.05) is 36.7 Å². The van der Waals surface area contributed by atoms with Crippen LogP contribution in [0.2, 0.25) is 0 Å². The summed E-state index contributed by atoms with van der Waals surface area (Å²) in [4.78, 5) is 16.3. The van der Waals surface area contributed by atoms with Gasteiger partial charge in [0.1, 0.15) is 0 Å². The van der Waals surface area contributed by atoms with Crippen molar-refractivity contribution in [2.45, 2.75) is 24.8 Å². The number of carbonyl (C=O) groups excluding carboxylic acids is 1. The highest BCUT2D eigenvalue weighted by Gasteiger charge is 2.27. The van der Waals surface area contributed by atoms with E-state index in [2.05, 4.69) is 21.7 Å². The minimum atomic E-state index is -3.60. The molecule has 2 aliphatic heterocycles. The van der Waals surface area contributed by atoms with Crippen molar-refractivity contribution in [2.75, 3.05) is 44.7 Å². The minimum Gasteiger partial charge on any atom is -0.379 e. The van der Waals surface area contributed by atoms with E-state index in [0.29, 0.717) is 32.0 Å². The Morgan fingerprint density at radius 3 is 2.79 bits per heavy atom. The number of anilines is 1. The summed E-state index contributed by atoms with van der Waals surface area (Å²) in [7, 11) is -3.60. The number of hydrogen-bond acceptors (Lipinski definition) is 6. The SMILES string of the molecule is Cc1ccc(S(=O)(=O)N2CCOCC2)cc1NC(=O)CN1CCc2sccc2C1. The lowest BCUT2D eigenvalue weighted by atomic mass is 10.1. The van der Waals surface area contributed by atoms with Crippen LogP contribution in [0.4, 0.5) is 5.69 Å². The van der Waals surface area contributed by atoms with Crippen LogP contribution in [0.15, 0.2) is 34.5 Å². The maximum absolute atomic E-state index is 12.9. The van der Waals surface area contributed by atoms with E-state index < -0.39 is 10.0 Å². The number of benzene rings is 1. The van der Waals surface area contributed by atoms with Crippen molar-refractivity contribution in [3.8, 4) is 0 Å². The normalized spacial score (nSPS) is 18.4. The molecule has 1 saturated heterocycles. The van der Waals surface area contributed by atoms with Crippen LogP contribution in [-0.4, -0.2) is 62.9 Å². The van der Waals surface area contributed by atoms with Crippen molar-refractivity contribution in [3.63, 3.8) is 0 Å². The van der Waals surface area contributed by atoms with Gasteiger partial charge in [-0.2, -0.15) is 4.31 Å². The van der Waals surface area contributed by atoms with Gasteiger partial charge in [0.25, 0.3) is 0 Å². The van der Waals surface area contributed by atoms with E-state index in [0.717, 1.165) is 25.1 Å². The largest absolute Gasteiger partial charge is 0.379 e. The van der Waals surface area contributed by atoms with Crippen LogP contribution in [0.3, 0.4) is 0 Å². The Hall–Kier alpha value is -1.78. The summed E-state index contributed by atoms with van der Waals surface area (Å²) in [5.74, 6) is -0.132. The van der Waals surface area contributed by atoms with Crippen molar-refractivity contribution in [3.05, 3.63) is 45.6 Å². The summed E-state index contributed by atoms with van der Waals surface area (Å²) in [6, 6.07) is 7.01. The summed E-state index contributed by atoms with van der Waals surface area (Å²) in [5, 5.41) is 5.00. The second kappa shape index (κ2) is 8.53. The number of ether oxygens (including phenoxy) is 1. The highest BCUT2D eigenvalue weighted by Crippen LogP contribution is 2.25. The molecule has 3 heterocycles. The van der Waals surface area contributed by atoms with Crippen molar-refractivity contribution < 1.29 is 17.9 Å². The fourth-order valence-corrected chi connectivity index (χ4v) is 5.99. The number of amides is 1. The Balaban J connectivity index is 1.44. The zero-order chi connectivity index (χ0) is 20.4. The van der Waals surface area contributed by atoms with Gasteiger partial charge in [-0.15, -0.1) is 11.3 Å². The molecule has 9 heteroatoms. The Bertz CT molecular complexity index is 997. The highest BCUT2D eigenvalue weighted by molar-refractivity contribution is 7.89. The third-order valence-corrected chi connectivity index (χ3v) is 8.26. The number of hydrogen-bond donors (Lipinski definition) is 1. The average molecular weight is 436 g/mol. The standard InChI is InChI=1S/C20H25N3O4S2/c1-15-2-3-17(29(25,26)23-7-9-27-10-8-23)12-18(15)21-20(24)14-22-6-4-19-16(13-22)5-11-28-19/h2-3,5,11-12H,4,6-10,13-14H2,1H3,(H,21,24). The molecule has 1 amide bonds. The third-order valence-electron chi connectivity index (χ3n) is 5.34. The number of thiophene rings is 1. The summed E-state index contributed by atoms with van der Waals surface area (Å²) >= 11 is 1.77. The smallest absolute Gasteiger partial charge is 0.243 e. The molecule has 1 fully saturated rings. The predicted octanol–water partition coefficient (Wildman–Crippen LogP) is 2.07. The fraction of sp³-hybridized carbons (Fsp3) is 0.450. The molecule has 0 bridgehead atoms. The molecule has 0 aliphatic carbocycles. The van der Waals surface area contributed by atoms with Gasteiger partial charge in [0.05, 0.1) is 24.7 Å². The number of fused-ring (bicyclic) bond motifs is 1. The first kappa shape index (κ1) is 20.5. The number of nitrogens with zero attached hydrogens (tertiary/aromatic N) is 2. The lowest BCUT2D eigenvalue weighted by Gasteiger charge is -2.27. The van der Waals surface area contributed by atoms with Gasteiger partial charge in [-0.3, -0.25) is 9.69 Å². The van der Waals surface area contributed by atoms with Crippen molar-refractivity contribution >= 4 is 33.0 Å². The second-order valence-electron chi connectivity index (χ2n) is 7.37. The molecule has 29 heavy (non-hydrogen) atoms. The van der Waals surface area contributed by atoms with E-state index in [1.165, 1.54) is 14.7 Å². The highest BCUT2D eigenvalue weighted by atomic mass is 32.2. The zero-order valence-corrected chi connectivity index (χ0v) is 18.0. The van der Waals surface area contributed by atoms with Crippen LogP contribution in [0.1, 0.15) is 16.0 Å². The summed E-state index contributed by atoms with van der Waals surface area (Å²) in [6.07, 6.45) is 0.965. The summed E-state index contributed by atoms with van der Waals surface area (Å²) in [6.45, 7) is 5.26. The first-order valence-electron chi connectivity index (χ1n) is 9.69. The van der Waals surface area contributed by atoms with E-state index in [4.69, 9.17) is 4.74 Å². The Morgan fingerprint density at radius 2 is 2.00 bits per heavy atom. The molecule has 4 rings (SSSR count). The van der Waals surface area contributed by atoms with Gasteiger partial charge in [-0.05, 0) is 48.1 Å². The molecule has 1 N–H and O–H groups in total. The van der Waals surface area contributed by atoms with Gasteiger partial charge in [0.15, 0.2) is 0 Å². The molecule has 0 atom stereocenters. The molecule has 2 aromatic rings. The Morgan fingerprint density at radius 1 is 1.21 bits per heavy atom. The van der Waals surface area contributed by atoms with Crippen LogP contribution in [0, 0.1) is 6.92 Å². The van der Waals surface area contributed by atoms with Crippen molar-refractivity contribution in [1.29, 1.82) is 0 Å². The molecule has 0 unspecified atom stereocenters. The lowest BCUT2D eigenvalue weighted by Crippen LogP contribution is -2.40. The molecule has 1 aromatic heterocycles. The molecular weight excluding hydrogens is 410 g/mol. The number of sulfonamides is 1. The van der Waals surface area contributed by atoms with E-state index in [1.54, 1.807) is 29.5 Å². The predicted molar refractivity (Wildman–Crippen MR) is 113 cm³/mol. The van der Waals surface area contributed by atoms with Crippen LogP contribution in [-0.2, 0) is 32.5 Å². The molecule has 0 saturated carbocycles. The summed E-state index contributed by atoms with van der Waals surface area (Å²) < 4.78 is 32.5. The van der Waals surface area contributed by atoms with Crippen LogP contribution < -0.4 is 5.32 Å². The van der Waals surface area contributed by atoms with Crippen LogP contribution in [0.25, 0.3) is 0 Å². The average Bonchev–Trinajstić information content (AvgIpc) is 3.18. The first-order chi connectivity index (χ1) is 13.9. The lowest BCUT2D eigenvalue weighted by molar-refractivity contribution is -0.117. The van der Waals surface area contributed by atoms with Gasteiger partial charge in [-0.1, -0.05) is 6.07 Å². The zero-order valence-electron chi connectivity index (χ0n) is 16.4. The van der Waals surface area contributed by atoms with E-state index in [9.17, 15) is 13.2 Å². The van der Waals surface area contributed by atoms with Crippen LogP contribution >= 0.6 is 11.3 Å². The van der Waals surface area contributed by atoms with Gasteiger partial charge >= 0.3 is 0 Å². The van der Waals surface area contributed by atoms with Crippen molar-refractivity contribution in [1.82, 2.24) is 9.21 Å². The van der Waals surface area contributed by atoms with E-state index in [-0.39, 0.29) is 17.3 Å². The molecule has 0 radical (unpaired) electrons. The van der Waals surface area contributed by atoms with E-state index in [1.807, 2.05) is 6.92 Å². The molecule has 7 nitrogen and oxygen atoms in total. The third kappa shape index (κ3) is 4.54. The second-order valence-corrected chi connectivity index (χ2v) is 10.3. The van der Waals surface area contributed by atoms with Gasteiger partial charge in [0.2, 0.25) is 15.9 Å². The fourth-order valence-electron chi connectivity index (χ4n) is 3.67. The maximum Gasteiger partial charge on any atom is 0.243 e. The van der Waals surface area contributed by atoms with E-state index >= 15 is 0 Å². The Kier molecular flexibility index (Phi) is 6.03. The van der Waals surface area contributed by atoms with Crippen LogP contribution in [0.5, 0.6) is 0 Å². The minimum absolute atomic E-state index is 0.132. The molecule has 0 spiro atoms. The maximum atomic E-state index is 12.9. The number of aryl methyl sites for hydroxylation is 1. The van der Waals surface area contributed by atoms with Gasteiger partial charge < -0.3 is 10.1 Å². The first-order valence-corrected chi connectivity index (χ1v) is 12.0. The summed E-state index contributed by atoms with van der Waals surface area (Å²) in [5.41, 5.74) is 2.67.